The summed E-state index contributed by atoms with van der Waals surface area (Å²) in [5.41, 5.74) is 2.80. The molecule has 1 heterocycles. The van der Waals surface area contributed by atoms with Crippen molar-refractivity contribution >= 4 is 19.9 Å². The number of amides is 1. The molecule has 2 rings (SSSR count). The molecule has 1 aliphatic rings. The molecule has 0 saturated carbocycles. The summed E-state index contributed by atoms with van der Waals surface area (Å²) in [4.78, 5) is 14.1. The normalized spacial score (nSPS) is 14.7. The number of hydrogen-bond acceptors (Lipinski definition) is 3. The van der Waals surface area contributed by atoms with Crippen molar-refractivity contribution in [1.82, 2.24) is 0 Å². The summed E-state index contributed by atoms with van der Waals surface area (Å²) < 4.78 is 11.3. The molecule has 5 heteroatoms. The highest BCUT2D eigenvalue weighted by Gasteiger charge is 2.29. The van der Waals surface area contributed by atoms with Gasteiger partial charge < -0.3 is 9.47 Å². The van der Waals surface area contributed by atoms with Crippen LogP contribution in [0.2, 0.25) is 25.7 Å². The Balaban J connectivity index is 1.99. The van der Waals surface area contributed by atoms with Crippen LogP contribution in [0.25, 0.3) is 0 Å². The Hall–Kier alpha value is -1.33. The Morgan fingerprint density at radius 3 is 2.58 bits per heavy atom. The predicted molar refractivity (Wildman–Crippen MR) is 102 cm³/mol. The maximum atomic E-state index is 12.4. The summed E-state index contributed by atoms with van der Waals surface area (Å²) in [5.74, 6) is 0. The van der Waals surface area contributed by atoms with Crippen LogP contribution >= 0.6 is 0 Å². The standard InChI is InChI=1S/C19H31NO3Si/c1-19(2,3)23-18(21)20-10-9-16-8-7-15(13-17(16)20)14-22-11-12-24(4,5)6/h7-8,13H,9-12,14H2,1-6H3. The first-order valence-electron chi connectivity index (χ1n) is 8.75. The van der Waals surface area contributed by atoms with Gasteiger partial charge in [-0.15, -0.1) is 0 Å². The number of anilines is 1. The molecule has 1 aromatic rings. The molecular formula is C19H31NO3Si. The number of ether oxygens (including phenoxy) is 2. The summed E-state index contributed by atoms with van der Waals surface area (Å²) in [6, 6.07) is 7.45. The first-order chi connectivity index (χ1) is 11.1. The van der Waals surface area contributed by atoms with Crippen molar-refractivity contribution in [1.29, 1.82) is 0 Å². The number of carbonyl (C=O) groups excluding carboxylic acids is 1. The third-order valence-electron chi connectivity index (χ3n) is 3.92. The van der Waals surface area contributed by atoms with Crippen LogP contribution in [0.15, 0.2) is 18.2 Å². The van der Waals surface area contributed by atoms with Gasteiger partial charge in [-0.25, -0.2) is 4.79 Å². The van der Waals surface area contributed by atoms with Crippen LogP contribution in [0.4, 0.5) is 10.5 Å². The highest BCUT2D eigenvalue weighted by molar-refractivity contribution is 6.76. The topological polar surface area (TPSA) is 38.8 Å². The van der Waals surface area contributed by atoms with E-state index in [2.05, 4.69) is 37.8 Å². The van der Waals surface area contributed by atoms with Crippen molar-refractivity contribution in [2.24, 2.45) is 0 Å². The minimum Gasteiger partial charge on any atom is -0.443 e. The molecule has 0 unspecified atom stereocenters. The second-order valence-corrected chi connectivity index (χ2v) is 14.3. The van der Waals surface area contributed by atoms with Crippen LogP contribution < -0.4 is 4.90 Å². The summed E-state index contributed by atoms with van der Waals surface area (Å²) in [5, 5.41) is 0. The van der Waals surface area contributed by atoms with E-state index in [1.54, 1.807) is 4.90 Å². The molecule has 4 nitrogen and oxygen atoms in total. The van der Waals surface area contributed by atoms with E-state index >= 15 is 0 Å². The summed E-state index contributed by atoms with van der Waals surface area (Å²) in [7, 11) is -1.06. The van der Waals surface area contributed by atoms with Gasteiger partial charge in [0.1, 0.15) is 5.60 Å². The fourth-order valence-electron chi connectivity index (χ4n) is 2.59. The van der Waals surface area contributed by atoms with Gasteiger partial charge in [-0.2, -0.15) is 0 Å². The fraction of sp³-hybridized carbons (Fsp3) is 0.632. The van der Waals surface area contributed by atoms with Crippen molar-refractivity contribution < 1.29 is 14.3 Å². The third kappa shape index (κ3) is 5.63. The SMILES string of the molecule is CC(C)(C)OC(=O)N1CCc2ccc(COCC[Si](C)(C)C)cc21. The minimum atomic E-state index is -1.06. The number of benzene rings is 1. The molecule has 0 bridgehead atoms. The zero-order chi connectivity index (χ0) is 18.0. The maximum absolute atomic E-state index is 12.4. The smallest absolute Gasteiger partial charge is 0.414 e. The van der Waals surface area contributed by atoms with Crippen molar-refractivity contribution in [3.05, 3.63) is 29.3 Å². The van der Waals surface area contributed by atoms with Crippen LogP contribution in [0.5, 0.6) is 0 Å². The molecular weight excluding hydrogens is 318 g/mol. The van der Waals surface area contributed by atoms with E-state index < -0.39 is 13.7 Å². The number of fused-ring (bicyclic) bond motifs is 1. The molecule has 0 saturated heterocycles. The van der Waals surface area contributed by atoms with Crippen LogP contribution in [0.1, 0.15) is 31.9 Å². The lowest BCUT2D eigenvalue weighted by molar-refractivity contribution is 0.0584. The summed E-state index contributed by atoms with van der Waals surface area (Å²) >= 11 is 0. The average Bonchev–Trinajstić information content (AvgIpc) is 2.84. The summed E-state index contributed by atoms with van der Waals surface area (Å²) in [6.45, 7) is 14.8. The van der Waals surface area contributed by atoms with Gasteiger partial charge in [-0.1, -0.05) is 31.8 Å². The first kappa shape index (κ1) is 19.0. The van der Waals surface area contributed by atoms with E-state index in [0.29, 0.717) is 13.2 Å². The second kappa shape index (κ2) is 7.27. The van der Waals surface area contributed by atoms with Crippen molar-refractivity contribution in [2.75, 3.05) is 18.1 Å². The van der Waals surface area contributed by atoms with Crippen LogP contribution in [0.3, 0.4) is 0 Å². The molecule has 0 aromatic heterocycles. The van der Waals surface area contributed by atoms with Crippen molar-refractivity contribution in [3.63, 3.8) is 0 Å². The largest absolute Gasteiger partial charge is 0.443 e. The molecule has 1 aromatic carbocycles. The first-order valence-corrected chi connectivity index (χ1v) is 12.5. The molecule has 0 aliphatic carbocycles. The molecule has 0 radical (unpaired) electrons. The second-order valence-electron chi connectivity index (χ2n) is 8.71. The Bertz CT molecular complexity index is 587. The molecule has 1 amide bonds. The van der Waals surface area contributed by atoms with Gasteiger partial charge in [0.25, 0.3) is 0 Å². The molecule has 0 spiro atoms. The van der Waals surface area contributed by atoms with E-state index in [1.165, 1.54) is 11.6 Å². The van der Waals surface area contributed by atoms with Gasteiger partial charge in [0.2, 0.25) is 0 Å². The molecule has 0 fully saturated rings. The highest BCUT2D eigenvalue weighted by atomic mass is 28.3. The quantitative estimate of drug-likeness (QED) is 0.564. The average molecular weight is 350 g/mol. The Morgan fingerprint density at radius 1 is 1.25 bits per heavy atom. The van der Waals surface area contributed by atoms with Gasteiger partial charge in [0.05, 0.1) is 12.3 Å². The Kier molecular flexibility index (Phi) is 5.76. The molecule has 1 aliphatic heterocycles. The lowest BCUT2D eigenvalue weighted by Crippen LogP contribution is -2.35. The number of hydrogen-bond donors (Lipinski definition) is 0. The zero-order valence-electron chi connectivity index (χ0n) is 15.9. The van der Waals surface area contributed by atoms with E-state index in [9.17, 15) is 4.79 Å². The monoisotopic (exact) mass is 349 g/mol. The van der Waals surface area contributed by atoms with Crippen molar-refractivity contribution in [3.8, 4) is 0 Å². The molecule has 134 valence electrons. The van der Waals surface area contributed by atoms with Gasteiger partial charge in [-0.3, -0.25) is 4.90 Å². The van der Waals surface area contributed by atoms with E-state index in [-0.39, 0.29) is 6.09 Å². The highest BCUT2D eigenvalue weighted by Crippen LogP contribution is 2.30. The van der Waals surface area contributed by atoms with Gasteiger partial charge in [0.15, 0.2) is 0 Å². The van der Waals surface area contributed by atoms with Gasteiger partial charge in [0, 0.05) is 21.2 Å². The van der Waals surface area contributed by atoms with E-state index in [4.69, 9.17) is 9.47 Å². The van der Waals surface area contributed by atoms with Gasteiger partial charge >= 0.3 is 6.09 Å². The fourth-order valence-corrected chi connectivity index (χ4v) is 3.35. The molecule has 0 atom stereocenters. The third-order valence-corrected chi connectivity index (χ3v) is 5.63. The Labute approximate surface area is 147 Å². The maximum Gasteiger partial charge on any atom is 0.414 e. The van der Waals surface area contributed by atoms with E-state index in [0.717, 1.165) is 24.3 Å². The van der Waals surface area contributed by atoms with Gasteiger partial charge in [-0.05, 0) is 50.4 Å². The lowest BCUT2D eigenvalue weighted by Gasteiger charge is -2.25. The number of carbonyl (C=O) groups is 1. The van der Waals surface area contributed by atoms with Crippen LogP contribution in [-0.2, 0) is 22.5 Å². The minimum absolute atomic E-state index is 0.266. The van der Waals surface area contributed by atoms with Crippen molar-refractivity contribution in [2.45, 2.75) is 65.1 Å². The number of rotatable bonds is 5. The summed E-state index contributed by atoms with van der Waals surface area (Å²) in [6.07, 6.45) is 0.615. The Morgan fingerprint density at radius 2 is 1.96 bits per heavy atom. The van der Waals surface area contributed by atoms with E-state index in [1.807, 2.05) is 20.8 Å². The van der Waals surface area contributed by atoms with Crippen LogP contribution in [-0.4, -0.2) is 32.9 Å². The zero-order valence-corrected chi connectivity index (χ0v) is 16.9. The molecule has 24 heavy (non-hydrogen) atoms. The number of nitrogens with zero attached hydrogens (tertiary/aromatic N) is 1. The predicted octanol–water partition coefficient (Wildman–Crippen LogP) is 4.84. The van der Waals surface area contributed by atoms with Crippen LogP contribution in [0, 0.1) is 0 Å². The lowest BCUT2D eigenvalue weighted by atomic mass is 10.1. The molecule has 0 N–H and O–H groups in total.